The molecule has 118 valence electrons. The molecule has 2 aromatic heterocycles. The fourth-order valence-electron chi connectivity index (χ4n) is 2.47. The molecule has 5 heteroatoms. The van der Waals surface area contributed by atoms with E-state index in [0.29, 0.717) is 5.56 Å². The molecule has 0 amide bonds. The van der Waals surface area contributed by atoms with E-state index in [4.69, 9.17) is 9.15 Å². The van der Waals surface area contributed by atoms with Crippen molar-refractivity contribution in [1.29, 1.82) is 0 Å². The highest BCUT2D eigenvalue weighted by Crippen LogP contribution is 2.33. The van der Waals surface area contributed by atoms with E-state index in [-0.39, 0.29) is 5.97 Å². The van der Waals surface area contributed by atoms with Crippen molar-refractivity contribution in [1.82, 2.24) is 4.98 Å². The summed E-state index contributed by atoms with van der Waals surface area (Å²) in [6.07, 6.45) is 0. The van der Waals surface area contributed by atoms with Gasteiger partial charge in [-0.05, 0) is 36.4 Å². The van der Waals surface area contributed by atoms with Crippen LogP contribution in [0.15, 0.2) is 65.1 Å². The van der Waals surface area contributed by atoms with E-state index in [1.54, 1.807) is 23.5 Å². The van der Waals surface area contributed by atoms with Crippen molar-refractivity contribution >= 4 is 27.5 Å². The van der Waals surface area contributed by atoms with Crippen LogP contribution in [0.5, 0.6) is 0 Å². The maximum absolute atomic E-state index is 11.5. The van der Waals surface area contributed by atoms with Crippen LogP contribution in [-0.4, -0.2) is 18.1 Å². The average molecular weight is 335 g/mol. The summed E-state index contributed by atoms with van der Waals surface area (Å²) >= 11 is 1.60. The Bertz CT molecular complexity index is 981. The lowest BCUT2D eigenvalue weighted by molar-refractivity contribution is 0.0601. The quantitative estimate of drug-likeness (QED) is 0.494. The summed E-state index contributed by atoms with van der Waals surface area (Å²) in [5, 5.41) is 0.855. The molecule has 0 spiro atoms. The minimum absolute atomic E-state index is 0.351. The molecular formula is C19H13NO3S. The molecule has 0 atom stereocenters. The van der Waals surface area contributed by atoms with Gasteiger partial charge >= 0.3 is 5.97 Å². The first kappa shape index (κ1) is 14.7. The van der Waals surface area contributed by atoms with Gasteiger partial charge in [0, 0.05) is 5.56 Å². The average Bonchev–Trinajstić information content (AvgIpc) is 3.27. The molecule has 4 rings (SSSR count). The molecule has 0 bridgehead atoms. The fraction of sp³-hybridized carbons (Fsp3) is 0.0526. The molecule has 0 saturated carbocycles. The van der Waals surface area contributed by atoms with E-state index in [1.807, 2.05) is 48.5 Å². The number of fused-ring (bicyclic) bond motifs is 1. The van der Waals surface area contributed by atoms with Gasteiger partial charge in [-0.2, -0.15) is 0 Å². The summed E-state index contributed by atoms with van der Waals surface area (Å²) in [4.78, 5) is 16.1. The van der Waals surface area contributed by atoms with Crippen LogP contribution in [0, 0.1) is 0 Å². The predicted molar refractivity (Wildman–Crippen MR) is 94.1 cm³/mol. The maximum Gasteiger partial charge on any atom is 0.337 e. The van der Waals surface area contributed by atoms with E-state index in [0.717, 1.165) is 32.3 Å². The second-order valence-electron chi connectivity index (χ2n) is 5.22. The van der Waals surface area contributed by atoms with Crippen LogP contribution in [0.2, 0.25) is 0 Å². The topological polar surface area (TPSA) is 52.3 Å². The number of para-hydroxylation sites is 1. The summed E-state index contributed by atoms with van der Waals surface area (Å²) in [6, 6.07) is 19.0. The molecular weight excluding hydrogens is 322 g/mol. The van der Waals surface area contributed by atoms with Crippen molar-refractivity contribution in [2.24, 2.45) is 0 Å². The van der Waals surface area contributed by atoms with Crippen molar-refractivity contribution in [2.75, 3.05) is 7.11 Å². The molecule has 0 radical (unpaired) electrons. The number of aromatic nitrogens is 1. The van der Waals surface area contributed by atoms with Crippen LogP contribution in [0.1, 0.15) is 10.4 Å². The van der Waals surface area contributed by atoms with E-state index < -0.39 is 0 Å². The van der Waals surface area contributed by atoms with Crippen LogP contribution < -0.4 is 0 Å². The molecule has 24 heavy (non-hydrogen) atoms. The normalized spacial score (nSPS) is 10.9. The van der Waals surface area contributed by atoms with Crippen LogP contribution in [-0.2, 0) is 4.74 Å². The van der Waals surface area contributed by atoms with Gasteiger partial charge < -0.3 is 9.15 Å². The standard InChI is InChI=1S/C19H13NO3S/c1-22-19(21)13-8-6-12(7-9-13)15-10-11-16(23-15)18-20-14-4-2-3-5-17(14)24-18/h2-11H,1H3. The van der Waals surface area contributed by atoms with E-state index in [2.05, 4.69) is 4.98 Å². The first-order chi connectivity index (χ1) is 11.7. The molecule has 0 aliphatic carbocycles. The highest BCUT2D eigenvalue weighted by molar-refractivity contribution is 7.21. The highest BCUT2D eigenvalue weighted by atomic mass is 32.1. The number of methoxy groups -OCH3 is 1. The SMILES string of the molecule is COC(=O)c1ccc(-c2ccc(-c3nc4ccccc4s3)o2)cc1. The van der Waals surface area contributed by atoms with Crippen molar-refractivity contribution in [3.63, 3.8) is 0 Å². The number of hydrogen-bond acceptors (Lipinski definition) is 5. The minimum atomic E-state index is -0.351. The number of esters is 1. The first-order valence-corrected chi connectivity index (χ1v) is 8.21. The number of hydrogen-bond donors (Lipinski definition) is 0. The second-order valence-corrected chi connectivity index (χ2v) is 6.25. The van der Waals surface area contributed by atoms with Crippen molar-refractivity contribution < 1.29 is 13.9 Å². The molecule has 0 N–H and O–H groups in total. The number of ether oxygens (including phenoxy) is 1. The molecule has 0 unspecified atom stereocenters. The van der Waals surface area contributed by atoms with Crippen molar-refractivity contribution in [2.45, 2.75) is 0 Å². The van der Waals surface area contributed by atoms with Crippen molar-refractivity contribution in [3.05, 3.63) is 66.2 Å². The zero-order chi connectivity index (χ0) is 16.5. The molecule has 4 nitrogen and oxygen atoms in total. The summed E-state index contributed by atoms with van der Waals surface area (Å²) in [7, 11) is 1.37. The molecule has 0 fully saturated rings. The summed E-state index contributed by atoms with van der Waals surface area (Å²) in [5.41, 5.74) is 2.38. The number of carbonyl (C=O) groups is 1. The van der Waals surface area contributed by atoms with E-state index >= 15 is 0 Å². The van der Waals surface area contributed by atoms with Gasteiger partial charge in [0.2, 0.25) is 0 Å². The van der Waals surface area contributed by atoms with Crippen LogP contribution in [0.3, 0.4) is 0 Å². The number of carbonyl (C=O) groups excluding carboxylic acids is 1. The number of nitrogens with zero attached hydrogens (tertiary/aromatic N) is 1. The zero-order valence-electron chi connectivity index (χ0n) is 12.9. The van der Waals surface area contributed by atoms with E-state index in [1.165, 1.54) is 7.11 Å². The van der Waals surface area contributed by atoms with Crippen LogP contribution >= 0.6 is 11.3 Å². The molecule has 4 aromatic rings. The Morgan fingerprint density at radius 3 is 2.50 bits per heavy atom. The minimum Gasteiger partial charge on any atom is -0.465 e. The molecule has 2 aromatic carbocycles. The fourth-order valence-corrected chi connectivity index (χ4v) is 3.40. The molecule has 0 saturated heterocycles. The highest BCUT2D eigenvalue weighted by Gasteiger charge is 2.12. The van der Waals surface area contributed by atoms with Gasteiger partial charge in [-0.3, -0.25) is 0 Å². The Labute approximate surface area is 142 Å². The van der Waals surface area contributed by atoms with Crippen LogP contribution in [0.25, 0.3) is 32.3 Å². The third-order valence-electron chi connectivity index (χ3n) is 3.70. The second kappa shape index (κ2) is 5.94. The largest absolute Gasteiger partial charge is 0.465 e. The number of rotatable bonds is 3. The lowest BCUT2D eigenvalue weighted by Crippen LogP contribution is -2.00. The zero-order valence-corrected chi connectivity index (χ0v) is 13.7. The predicted octanol–water partition coefficient (Wildman–Crippen LogP) is 5.01. The molecule has 0 aliphatic rings. The van der Waals surface area contributed by atoms with Gasteiger partial charge in [-0.25, -0.2) is 9.78 Å². The van der Waals surface area contributed by atoms with Gasteiger partial charge in [0.15, 0.2) is 10.8 Å². The third-order valence-corrected chi connectivity index (χ3v) is 4.75. The van der Waals surface area contributed by atoms with Gasteiger partial charge in [-0.1, -0.05) is 24.3 Å². The Hall–Kier alpha value is -2.92. The Morgan fingerprint density at radius 2 is 1.75 bits per heavy atom. The molecule has 0 aliphatic heterocycles. The van der Waals surface area contributed by atoms with E-state index in [9.17, 15) is 4.79 Å². The summed E-state index contributed by atoms with van der Waals surface area (Å²) in [5.74, 6) is 1.13. The number of thiazole rings is 1. The van der Waals surface area contributed by atoms with Gasteiger partial charge in [-0.15, -0.1) is 11.3 Å². The van der Waals surface area contributed by atoms with Gasteiger partial charge in [0.05, 0.1) is 22.9 Å². The van der Waals surface area contributed by atoms with Crippen LogP contribution in [0.4, 0.5) is 0 Å². The first-order valence-electron chi connectivity index (χ1n) is 7.39. The third kappa shape index (κ3) is 2.59. The Kier molecular flexibility index (Phi) is 3.63. The monoisotopic (exact) mass is 335 g/mol. The maximum atomic E-state index is 11.5. The summed E-state index contributed by atoms with van der Waals surface area (Å²) < 4.78 is 11.8. The van der Waals surface area contributed by atoms with Gasteiger partial charge in [0.1, 0.15) is 5.76 Å². The number of benzene rings is 2. The molecule has 2 heterocycles. The number of furan rings is 1. The lowest BCUT2D eigenvalue weighted by atomic mass is 10.1. The smallest absolute Gasteiger partial charge is 0.337 e. The Morgan fingerprint density at radius 1 is 1.00 bits per heavy atom. The van der Waals surface area contributed by atoms with Crippen molar-refractivity contribution in [3.8, 4) is 22.1 Å². The van der Waals surface area contributed by atoms with Gasteiger partial charge in [0.25, 0.3) is 0 Å². The summed E-state index contributed by atoms with van der Waals surface area (Å²) in [6.45, 7) is 0. The Balaban J connectivity index is 1.65. The lowest BCUT2D eigenvalue weighted by Gasteiger charge is -2.00.